The molecule has 0 fully saturated rings. The molecule has 3 heterocycles. The molecule has 0 aromatic carbocycles. The Morgan fingerprint density at radius 3 is 3.00 bits per heavy atom. The highest BCUT2D eigenvalue weighted by Crippen LogP contribution is 2.17. The van der Waals surface area contributed by atoms with Gasteiger partial charge in [-0.15, -0.1) is 0 Å². The van der Waals surface area contributed by atoms with Crippen molar-refractivity contribution in [3.05, 3.63) is 40.1 Å². The molecule has 18 heavy (non-hydrogen) atoms. The number of aromatic nitrogens is 4. The van der Waals surface area contributed by atoms with Crippen molar-refractivity contribution in [2.24, 2.45) is 0 Å². The van der Waals surface area contributed by atoms with Crippen LogP contribution in [0, 0.1) is 18.6 Å². The van der Waals surface area contributed by atoms with Gasteiger partial charge in [0.05, 0.1) is 17.8 Å². The first-order valence-electron chi connectivity index (χ1n) is 5.61. The second kappa shape index (κ2) is 4.06. The van der Waals surface area contributed by atoms with Crippen molar-refractivity contribution in [3.63, 3.8) is 0 Å². The number of aryl methyl sites for hydroxylation is 2. The van der Waals surface area contributed by atoms with Crippen LogP contribution in [-0.4, -0.2) is 19.7 Å². The van der Waals surface area contributed by atoms with E-state index in [1.807, 2.05) is 30.5 Å². The highest BCUT2D eigenvalue weighted by Gasteiger charge is 2.10. The normalized spacial score (nSPS) is 11.2. The van der Waals surface area contributed by atoms with Crippen molar-refractivity contribution in [2.75, 3.05) is 0 Å². The second-order valence-electron chi connectivity index (χ2n) is 4.28. The van der Waals surface area contributed by atoms with E-state index in [-0.39, 0.29) is 0 Å². The molecular formula is C12H12N4OS. The van der Waals surface area contributed by atoms with Crippen molar-refractivity contribution >= 4 is 23.4 Å². The summed E-state index contributed by atoms with van der Waals surface area (Å²) >= 11 is 5.32. The van der Waals surface area contributed by atoms with E-state index in [2.05, 4.69) is 15.1 Å². The smallest absolute Gasteiger partial charge is 0.179 e. The molecule has 0 aliphatic rings. The molecule has 0 aliphatic heterocycles. The Hall–Kier alpha value is -1.95. The molecule has 3 aromatic rings. The standard InChI is InChI=1S/C12H12N4OS/c1-7-3-4-13-11-10(7)14-12(18)16(11)6-9-5-8(2)15-17-9/h3-5H,6H2,1-2H3,(H,14,18). The van der Waals surface area contributed by atoms with Crippen molar-refractivity contribution in [2.45, 2.75) is 20.4 Å². The molecule has 0 unspecified atom stereocenters. The third-order valence-electron chi connectivity index (χ3n) is 2.86. The van der Waals surface area contributed by atoms with Crippen LogP contribution in [0.5, 0.6) is 0 Å². The first kappa shape index (κ1) is 11.2. The monoisotopic (exact) mass is 260 g/mol. The van der Waals surface area contributed by atoms with Crippen molar-refractivity contribution in [1.29, 1.82) is 0 Å². The third-order valence-corrected chi connectivity index (χ3v) is 3.19. The Morgan fingerprint density at radius 1 is 1.44 bits per heavy atom. The van der Waals surface area contributed by atoms with Gasteiger partial charge in [-0.2, -0.15) is 0 Å². The van der Waals surface area contributed by atoms with Gasteiger partial charge in [0.25, 0.3) is 0 Å². The summed E-state index contributed by atoms with van der Waals surface area (Å²) in [7, 11) is 0. The lowest BCUT2D eigenvalue weighted by molar-refractivity contribution is 0.373. The van der Waals surface area contributed by atoms with Crippen molar-refractivity contribution < 1.29 is 4.52 Å². The maximum Gasteiger partial charge on any atom is 0.179 e. The zero-order chi connectivity index (χ0) is 12.7. The van der Waals surface area contributed by atoms with E-state index in [0.717, 1.165) is 28.2 Å². The highest BCUT2D eigenvalue weighted by atomic mass is 32.1. The fourth-order valence-corrected chi connectivity index (χ4v) is 2.22. The summed E-state index contributed by atoms with van der Waals surface area (Å²) in [5.74, 6) is 0.771. The summed E-state index contributed by atoms with van der Waals surface area (Å²) in [4.78, 5) is 7.54. The number of hydrogen-bond donors (Lipinski definition) is 1. The topological polar surface area (TPSA) is 59.6 Å². The molecule has 0 saturated heterocycles. The first-order chi connectivity index (χ1) is 8.65. The summed E-state index contributed by atoms with van der Waals surface area (Å²) in [6.07, 6.45) is 1.78. The molecule has 0 bridgehead atoms. The Kier molecular flexibility index (Phi) is 2.52. The number of nitrogens with one attached hydrogen (secondary N) is 1. The average Bonchev–Trinajstić information content (AvgIpc) is 2.87. The van der Waals surface area contributed by atoms with Crippen molar-refractivity contribution in [3.8, 4) is 0 Å². The zero-order valence-corrected chi connectivity index (χ0v) is 10.9. The van der Waals surface area contributed by atoms with Crippen LogP contribution in [0.25, 0.3) is 11.2 Å². The molecule has 0 amide bonds. The summed E-state index contributed by atoms with van der Waals surface area (Å²) in [5.41, 5.74) is 3.80. The Bertz CT molecular complexity index is 768. The molecule has 5 nitrogen and oxygen atoms in total. The van der Waals surface area contributed by atoms with Gasteiger partial charge in [-0.3, -0.25) is 4.57 Å². The predicted molar refractivity (Wildman–Crippen MR) is 70.0 cm³/mol. The number of H-pyrrole nitrogens is 1. The third kappa shape index (κ3) is 1.74. The van der Waals surface area contributed by atoms with Gasteiger partial charge in [-0.1, -0.05) is 5.16 Å². The number of pyridine rings is 1. The molecule has 0 atom stereocenters. The van der Waals surface area contributed by atoms with Gasteiger partial charge in [-0.05, 0) is 37.7 Å². The molecule has 92 valence electrons. The maximum absolute atomic E-state index is 5.32. The van der Waals surface area contributed by atoms with E-state index in [1.165, 1.54) is 0 Å². The minimum absolute atomic E-state index is 0.538. The van der Waals surface area contributed by atoms with Gasteiger partial charge in [-0.25, -0.2) is 4.98 Å². The molecule has 6 heteroatoms. The van der Waals surface area contributed by atoms with E-state index in [4.69, 9.17) is 16.7 Å². The zero-order valence-electron chi connectivity index (χ0n) is 10.1. The average molecular weight is 260 g/mol. The summed E-state index contributed by atoms with van der Waals surface area (Å²) < 4.78 is 7.77. The number of hydrogen-bond acceptors (Lipinski definition) is 4. The summed E-state index contributed by atoms with van der Waals surface area (Å²) in [6, 6.07) is 3.85. The van der Waals surface area contributed by atoms with Crippen LogP contribution >= 0.6 is 12.2 Å². The minimum atomic E-state index is 0.538. The fourth-order valence-electron chi connectivity index (χ4n) is 1.97. The van der Waals surface area contributed by atoms with E-state index in [9.17, 15) is 0 Å². The maximum atomic E-state index is 5.32. The number of fused-ring (bicyclic) bond motifs is 1. The SMILES string of the molecule is Cc1cc(Cn2c(=S)[nH]c3c(C)ccnc32)on1. The Morgan fingerprint density at radius 2 is 2.28 bits per heavy atom. The molecular weight excluding hydrogens is 248 g/mol. The van der Waals surface area contributed by atoms with E-state index >= 15 is 0 Å². The number of nitrogens with zero attached hydrogens (tertiary/aromatic N) is 3. The van der Waals surface area contributed by atoms with Gasteiger partial charge < -0.3 is 9.51 Å². The van der Waals surface area contributed by atoms with Gasteiger partial charge in [0, 0.05) is 12.3 Å². The van der Waals surface area contributed by atoms with Gasteiger partial charge in [0.1, 0.15) is 0 Å². The molecule has 0 radical (unpaired) electrons. The van der Waals surface area contributed by atoms with Gasteiger partial charge >= 0.3 is 0 Å². The van der Waals surface area contributed by atoms with Gasteiger partial charge in [0.15, 0.2) is 16.2 Å². The molecule has 3 aromatic heterocycles. The second-order valence-corrected chi connectivity index (χ2v) is 4.66. The van der Waals surface area contributed by atoms with Crippen LogP contribution in [0.1, 0.15) is 17.0 Å². The molecule has 3 rings (SSSR count). The van der Waals surface area contributed by atoms with Crippen LogP contribution < -0.4 is 0 Å². The first-order valence-corrected chi connectivity index (χ1v) is 6.02. The largest absolute Gasteiger partial charge is 0.359 e. The van der Waals surface area contributed by atoms with Crippen molar-refractivity contribution in [1.82, 2.24) is 19.7 Å². The number of aromatic amines is 1. The molecule has 0 saturated carbocycles. The summed E-state index contributed by atoms with van der Waals surface area (Å²) in [6.45, 7) is 4.46. The predicted octanol–water partition coefficient (Wildman–Crippen LogP) is 2.75. The van der Waals surface area contributed by atoms with E-state index in [1.54, 1.807) is 6.20 Å². The number of imidazole rings is 1. The molecule has 0 spiro atoms. The fraction of sp³-hybridized carbons (Fsp3) is 0.250. The minimum Gasteiger partial charge on any atom is -0.359 e. The molecule has 0 aliphatic carbocycles. The molecule has 1 N–H and O–H groups in total. The van der Waals surface area contributed by atoms with E-state index < -0.39 is 0 Å². The van der Waals surface area contributed by atoms with Crippen LogP contribution in [-0.2, 0) is 6.54 Å². The van der Waals surface area contributed by atoms with Gasteiger partial charge in [0.2, 0.25) is 0 Å². The van der Waals surface area contributed by atoms with Crippen LogP contribution in [0.4, 0.5) is 0 Å². The van der Waals surface area contributed by atoms with Crippen LogP contribution in [0.3, 0.4) is 0 Å². The highest BCUT2D eigenvalue weighted by molar-refractivity contribution is 7.71. The van der Waals surface area contributed by atoms with Crippen LogP contribution in [0.2, 0.25) is 0 Å². The lowest BCUT2D eigenvalue weighted by Gasteiger charge is -2.00. The Labute approximate surface area is 108 Å². The Balaban J connectivity index is 2.14. The quantitative estimate of drug-likeness (QED) is 0.720. The van der Waals surface area contributed by atoms with E-state index in [0.29, 0.717) is 11.3 Å². The lowest BCUT2D eigenvalue weighted by atomic mass is 10.3. The van der Waals surface area contributed by atoms with Crippen LogP contribution in [0.15, 0.2) is 22.9 Å². The summed E-state index contributed by atoms with van der Waals surface area (Å²) in [5, 5.41) is 3.87. The number of rotatable bonds is 2. The lowest BCUT2D eigenvalue weighted by Crippen LogP contribution is -1.99.